The summed E-state index contributed by atoms with van der Waals surface area (Å²) in [5.41, 5.74) is 4.87. The molecule has 6 nitrogen and oxygen atoms in total. The van der Waals surface area contributed by atoms with Gasteiger partial charge in [0, 0.05) is 0 Å². The van der Waals surface area contributed by atoms with Gasteiger partial charge in [-0.25, -0.2) is 0 Å². The van der Waals surface area contributed by atoms with E-state index in [2.05, 4.69) is 5.32 Å². The van der Waals surface area contributed by atoms with Gasteiger partial charge < -0.3 is 4.74 Å². The Morgan fingerprint density at radius 1 is 0.811 bits per heavy atom. The van der Waals surface area contributed by atoms with Gasteiger partial charge in [0.15, 0.2) is 0 Å². The van der Waals surface area contributed by atoms with Gasteiger partial charge in [0.05, 0.1) is 24.2 Å². The molecule has 5 rings (SSSR count). The Morgan fingerprint density at radius 3 is 1.92 bits per heavy atom. The summed E-state index contributed by atoms with van der Waals surface area (Å²) in [5.74, 6) is -0.628. The van der Waals surface area contributed by atoms with Crippen LogP contribution in [0.4, 0.5) is 0 Å². The molecule has 188 valence electrons. The van der Waals surface area contributed by atoms with E-state index in [9.17, 15) is 13.2 Å². The van der Waals surface area contributed by atoms with Gasteiger partial charge in [-0.05, 0) is 46.9 Å². The van der Waals surface area contributed by atoms with Crippen LogP contribution in [0.1, 0.15) is 22.3 Å². The molecule has 0 bridgehead atoms. The Hall–Kier alpha value is -3.78. The van der Waals surface area contributed by atoms with Gasteiger partial charge in [-0.15, -0.1) is 0 Å². The van der Waals surface area contributed by atoms with Crippen molar-refractivity contribution >= 4 is 16.1 Å². The molecule has 0 fully saturated rings. The first-order valence-electron chi connectivity index (χ1n) is 11.9. The van der Waals surface area contributed by atoms with Crippen LogP contribution in [0.15, 0.2) is 108 Å². The lowest BCUT2D eigenvalue weighted by molar-refractivity contribution is -0.144. The first-order chi connectivity index (χ1) is 17.9. The molecule has 0 saturated carbocycles. The largest absolute Gasteiger partial charge is 0.468 e. The van der Waals surface area contributed by atoms with Gasteiger partial charge >= 0.3 is 5.97 Å². The van der Waals surface area contributed by atoms with Crippen LogP contribution in [-0.4, -0.2) is 34.1 Å². The third kappa shape index (κ3) is 4.46. The number of esters is 1. The number of benzene rings is 4. The fraction of sp³-hybridized carbons (Fsp3) is 0.167. The minimum Gasteiger partial charge on any atom is -0.468 e. The Labute approximate surface area is 217 Å². The lowest BCUT2D eigenvalue weighted by Gasteiger charge is -2.36. The summed E-state index contributed by atoms with van der Waals surface area (Å²) in [7, 11) is -2.83. The third-order valence-corrected chi connectivity index (χ3v) is 8.03. The standard InChI is InChI=1S/C30H27NO5S/c1-21-16-18-23(19-17-21)37(33,34)36-20-28(29(32)35-2)31-30(22-10-4-3-5-11-22)26-14-8-6-12-24(26)25-13-7-9-15-27(25)30/h3-19,28,31H,20H2,1-2H3/t28-/m0/s1. The number of nitrogens with one attached hydrogen (secondary N) is 1. The van der Waals surface area contributed by atoms with Gasteiger partial charge in [0.1, 0.15) is 6.04 Å². The van der Waals surface area contributed by atoms with Crippen molar-refractivity contribution in [1.29, 1.82) is 0 Å². The van der Waals surface area contributed by atoms with E-state index in [4.69, 9.17) is 8.92 Å². The van der Waals surface area contributed by atoms with Crippen molar-refractivity contribution in [2.75, 3.05) is 13.7 Å². The zero-order valence-electron chi connectivity index (χ0n) is 20.5. The first kappa shape index (κ1) is 24.9. The fourth-order valence-corrected chi connectivity index (χ4v) is 5.90. The molecule has 4 aromatic rings. The van der Waals surface area contributed by atoms with Crippen LogP contribution >= 0.6 is 0 Å². The summed E-state index contributed by atoms with van der Waals surface area (Å²) in [6.45, 7) is 1.43. The highest BCUT2D eigenvalue weighted by atomic mass is 32.2. The lowest BCUT2D eigenvalue weighted by Crippen LogP contribution is -2.54. The molecule has 37 heavy (non-hydrogen) atoms. The molecular weight excluding hydrogens is 486 g/mol. The SMILES string of the molecule is COC(=O)[C@H](COS(=O)(=O)c1ccc(C)cc1)NC1(c2ccccc2)c2ccccc2-c2ccccc21. The fourth-order valence-electron chi connectivity index (χ4n) is 4.98. The average Bonchev–Trinajstić information content (AvgIpc) is 3.22. The summed E-state index contributed by atoms with van der Waals surface area (Å²) in [6.07, 6.45) is 0. The molecule has 7 heteroatoms. The molecular formula is C30H27NO5S. The van der Waals surface area contributed by atoms with Crippen LogP contribution in [0, 0.1) is 6.92 Å². The number of hydrogen-bond acceptors (Lipinski definition) is 6. The maximum atomic E-state index is 13.0. The zero-order valence-corrected chi connectivity index (χ0v) is 21.4. The number of carbonyl (C=O) groups excluding carboxylic acids is 1. The van der Waals surface area contributed by atoms with Gasteiger partial charge in [-0.2, -0.15) is 8.42 Å². The highest BCUT2D eigenvalue weighted by molar-refractivity contribution is 7.86. The number of rotatable bonds is 8. The van der Waals surface area contributed by atoms with Gasteiger partial charge in [-0.1, -0.05) is 96.6 Å². The number of fused-ring (bicyclic) bond motifs is 3. The van der Waals surface area contributed by atoms with E-state index in [0.29, 0.717) is 0 Å². The van der Waals surface area contributed by atoms with Crippen molar-refractivity contribution in [2.45, 2.75) is 23.4 Å². The summed E-state index contributed by atoms with van der Waals surface area (Å²) >= 11 is 0. The molecule has 0 amide bonds. The van der Waals surface area contributed by atoms with Crippen LogP contribution < -0.4 is 5.32 Å². The van der Waals surface area contributed by atoms with E-state index in [1.165, 1.54) is 19.2 Å². The van der Waals surface area contributed by atoms with Crippen molar-refractivity contribution in [3.05, 3.63) is 125 Å². The van der Waals surface area contributed by atoms with Crippen molar-refractivity contribution in [3.8, 4) is 11.1 Å². The van der Waals surface area contributed by atoms with Gasteiger partial charge in [0.2, 0.25) is 0 Å². The molecule has 0 aliphatic heterocycles. The van der Waals surface area contributed by atoms with E-state index in [1.807, 2.05) is 85.8 Å². The number of aryl methyl sites for hydroxylation is 1. The maximum Gasteiger partial charge on any atom is 0.325 e. The lowest BCUT2D eigenvalue weighted by atomic mass is 9.80. The zero-order chi connectivity index (χ0) is 26.0. The van der Waals surface area contributed by atoms with Crippen molar-refractivity contribution in [1.82, 2.24) is 5.32 Å². The van der Waals surface area contributed by atoms with E-state index < -0.39 is 34.3 Å². The smallest absolute Gasteiger partial charge is 0.325 e. The summed E-state index contributed by atoms with van der Waals surface area (Å²) < 4.78 is 36.4. The van der Waals surface area contributed by atoms with Crippen LogP contribution in [0.25, 0.3) is 11.1 Å². The average molecular weight is 514 g/mol. The van der Waals surface area contributed by atoms with E-state index in [-0.39, 0.29) is 4.90 Å². The maximum absolute atomic E-state index is 13.0. The molecule has 1 aliphatic carbocycles. The highest BCUT2D eigenvalue weighted by Gasteiger charge is 2.47. The second-order valence-electron chi connectivity index (χ2n) is 8.98. The van der Waals surface area contributed by atoms with Crippen LogP contribution in [-0.2, 0) is 29.4 Å². The molecule has 1 N–H and O–H groups in total. The van der Waals surface area contributed by atoms with Crippen LogP contribution in [0.2, 0.25) is 0 Å². The van der Waals surface area contributed by atoms with Crippen LogP contribution in [0.3, 0.4) is 0 Å². The predicted molar refractivity (Wildman–Crippen MR) is 141 cm³/mol. The van der Waals surface area contributed by atoms with E-state index >= 15 is 0 Å². The normalized spacial score (nSPS) is 14.4. The molecule has 0 unspecified atom stereocenters. The molecule has 0 aromatic heterocycles. The molecule has 0 heterocycles. The molecule has 4 aromatic carbocycles. The topological polar surface area (TPSA) is 81.7 Å². The summed E-state index contributed by atoms with van der Waals surface area (Å²) in [5, 5.41) is 3.48. The molecule has 0 radical (unpaired) electrons. The second kappa shape index (κ2) is 9.94. The predicted octanol–water partition coefficient (Wildman–Crippen LogP) is 4.80. The minimum atomic E-state index is -4.10. The first-order valence-corrected chi connectivity index (χ1v) is 13.3. The molecule has 0 saturated heterocycles. The monoisotopic (exact) mass is 513 g/mol. The quantitative estimate of drug-likeness (QED) is 0.269. The van der Waals surface area contributed by atoms with Crippen molar-refractivity contribution < 1.29 is 22.1 Å². The number of carbonyl (C=O) groups is 1. The Morgan fingerprint density at radius 2 is 1.35 bits per heavy atom. The van der Waals surface area contributed by atoms with Crippen molar-refractivity contribution in [3.63, 3.8) is 0 Å². The van der Waals surface area contributed by atoms with E-state index in [0.717, 1.165) is 33.4 Å². The molecule has 1 atom stereocenters. The number of methoxy groups -OCH3 is 1. The Balaban J connectivity index is 1.59. The van der Waals surface area contributed by atoms with Crippen LogP contribution in [0.5, 0.6) is 0 Å². The summed E-state index contributed by atoms with van der Waals surface area (Å²) in [6, 6.07) is 31.1. The summed E-state index contributed by atoms with van der Waals surface area (Å²) in [4.78, 5) is 13.1. The van der Waals surface area contributed by atoms with Gasteiger partial charge in [-0.3, -0.25) is 14.3 Å². The highest BCUT2D eigenvalue weighted by Crippen LogP contribution is 2.51. The Bertz CT molecular complexity index is 1490. The molecule has 0 spiro atoms. The number of hydrogen-bond donors (Lipinski definition) is 1. The number of ether oxygens (including phenoxy) is 1. The Kier molecular flexibility index (Phi) is 6.69. The molecule has 1 aliphatic rings. The van der Waals surface area contributed by atoms with Crippen molar-refractivity contribution in [2.24, 2.45) is 0 Å². The van der Waals surface area contributed by atoms with E-state index in [1.54, 1.807) is 12.1 Å². The third-order valence-electron chi connectivity index (χ3n) is 6.74. The van der Waals surface area contributed by atoms with Gasteiger partial charge in [0.25, 0.3) is 10.1 Å². The second-order valence-corrected chi connectivity index (χ2v) is 10.6. The minimum absolute atomic E-state index is 0.0241.